The fourth-order valence-corrected chi connectivity index (χ4v) is 2.29. The number of carbonyl (C=O) groups excluding carboxylic acids is 1. The summed E-state index contributed by atoms with van der Waals surface area (Å²) in [6.07, 6.45) is 1.42. The fraction of sp³-hybridized carbons (Fsp3) is 0.250. The lowest BCUT2D eigenvalue weighted by molar-refractivity contribution is -0.138. The fourth-order valence-electron chi connectivity index (χ4n) is 1.49. The van der Waals surface area contributed by atoms with Crippen LogP contribution in [0.2, 0.25) is 0 Å². The molecule has 0 aliphatic rings. The lowest BCUT2D eigenvalue weighted by Crippen LogP contribution is -2.23. The highest BCUT2D eigenvalue weighted by Gasteiger charge is 2.11. The summed E-state index contributed by atoms with van der Waals surface area (Å²) in [5.41, 5.74) is 0.736. The van der Waals surface area contributed by atoms with Crippen molar-refractivity contribution >= 4 is 27.5 Å². The summed E-state index contributed by atoms with van der Waals surface area (Å²) >= 11 is 1.33. The molecule has 0 N–H and O–H groups in total. The molecule has 0 radical (unpaired) electrons. The van der Waals surface area contributed by atoms with Gasteiger partial charge in [0.2, 0.25) is 0 Å². The van der Waals surface area contributed by atoms with Gasteiger partial charge in [-0.1, -0.05) is 6.58 Å². The van der Waals surface area contributed by atoms with E-state index in [0.717, 1.165) is 0 Å². The summed E-state index contributed by atoms with van der Waals surface area (Å²) in [6, 6.07) is 1.78. The lowest BCUT2D eigenvalue weighted by Gasteiger charge is -2.07. The first-order chi connectivity index (χ1) is 8.63. The second-order valence-electron chi connectivity index (χ2n) is 3.64. The highest BCUT2D eigenvalue weighted by Crippen LogP contribution is 2.13. The smallest absolute Gasteiger partial charge is 0.335 e. The van der Waals surface area contributed by atoms with Crippen molar-refractivity contribution in [3.8, 4) is 0 Å². The Morgan fingerprint density at radius 1 is 1.61 bits per heavy atom. The van der Waals surface area contributed by atoms with Gasteiger partial charge in [-0.15, -0.1) is 11.3 Å². The summed E-state index contributed by atoms with van der Waals surface area (Å²) in [4.78, 5) is 27.6. The van der Waals surface area contributed by atoms with Gasteiger partial charge in [0, 0.05) is 5.57 Å². The summed E-state index contributed by atoms with van der Waals surface area (Å²) in [7, 11) is 0. The molecule has 2 aromatic heterocycles. The van der Waals surface area contributed by atoms with E-state index in [1.165, 1.54) is 22.2 Å². The number of esters is 1. The van der Waals surface area contributed by atoms with Gasteiger partial charge in [0.1, 0.15) is 4.70 Å². The molecule has 2 rings (SSSR count). The van der Waals surface area contributed by atoms with Crippen LogP contribution in [0.15, 0.2) is 34.7 Å². The predicted molar refractivity (Wildman–Crippen MR) is 69.7 cm³/mol. The number of thiophene rings is 1. The monoisotopic (exact) mass is 264 g/mol. The highest BCUT2D eigenvalue weighted by atomic mass is 32.1. The first-order valence-electron chi connectivity index (χ1n) is 5.41. The normalized spacial score (nSPS) is 10.5. The molecule has 0 unspecified atom stereocenters. The van der Waals surface area contributed by atoms with Crippen LogP contribution < -0.4 is 5.56 Å². The van der Waals surface area contributed by atoms with Gasteiger partial charge >= 0.3 is 5.97 Å². The zero-order chi connectivity index (χ0) is 13.1. The molecule has 5 nitrogen and oxygen atoms in total. The zero-order valence-electron chi connectivity index (χ0n) is 9.88. The Morgan fingerprint density at radius 2 is 2.39 bits per heavy atom. The number of ether oxygens (including phenoxy) is 1. The van der Waals surface area contributed by atoms with E-state index in [-0.39, 0.29) is 24.3 Å². The third-order valence-corrected chi connectivity index (χ3v) is 3.25. The third-order valence-electron chi connectivity index (χ3n) is 2.36. The molecule has 6 heteroatoms. The van der Waals surface area contributed by atoms with E-state index in [0.29, 0.717) is 10.2 Å². The summed E-state index contributed by atoms with van der Waals surface area (Å²) in [5, 5.41) is 1.81. The van der Waals surface area contributed by atoms with Crippen LogP contribution in [0.25, 0.3) is 10.2 Å². The van der Waals surface area contributed by atoms with Crippen LogP contribution in [0.1, 0.15) is 6.92 Å². The van der Waals surface area contributed by atoms with Crippen LogP contribution in [0.4, 0.5) is 0 Å². The standard InChI is InChI=1S/C12H12N2O3S/c1-3-17-12(16)8(2)6-14-7-13-9-4-5-18-10(9)11(14)15/h4-5,7H,2-3,6H2,1H3. The Kier molecular flexibility index (Phi) is 3.57. The van der Waals surface area contributed by atoms with Crippen molar-refractivity contribution in [2.24, 2.45) is 0 Å². The Bertz CT molecular complexity index is 657. The Morgan fingerprint density at radius 3 is 3.11 bits per heavy atom. The summed E-state index contributed by atoms with van der Waals surface area (Å²) in [5.74, 6) is -0.490. The van der Waals surface area contributed by atoms with E-state index in [2.05, 4.69) is 11.6 Å². The number of carbonyl (C=O) groups is 1. The molecule has 94 valence electrons. The van der Waals surface area contributed by atoms with Crippen LogP contribution in [-0.4, -0.2) is 22.1 Å². The molecule has 18 heavy (non-hydrogen) atoms. The number of hydrogen-bond acceptors (Lipinski definition) is 5. The van der Waals surface area contributed by atoms with E-state index in [1.54, 1.807) is 13.0 Å². The van der Waals surface area contributed by atoms with E-state index in [4.69, 9.17) is 4.74 Å². The maximum atomic E-state index is 12.0. The van der Waals surface area contributed by atoms with Crippen molar-refractivity contribution in [3.05, 3.63) is 40.3 Å². The van der Waals surface area contributed by atoms with Crippen LogP contribution in [0.3, 0.4) is 0 Å². The minimum atomic E-state index is -0.490. The summed E-state index contributed by atoms with van der Waals surface area (Å²) < 4.78 is 6.75. The van der Waals surface area contributed by atoms with E-state index >= 15 is 0 Å². The number of hydrogen-bond donors (Lipinski definition) is 0. The minimum Gasteiger partial charge on any atom is -0.463 e. The first kappa shape index (κ1) is 12.5. The van der Waals surface area contributed by atoms with Crippen molar-refractivity contribution < 1.29 is 9.53 Å². The molecule has 0 saturated carbocycles. The van der Waals surface area contributed by atoms with Gasteiger partial charge in [-0.3, -0.25) is 9.36 Å². The Labute approximate surface area is 107 Å². The van der Waals surface area contributed by atoms with Crippen molar-refractivity contribution in [2.45, 2.75) is 13.5 Å². The molecular formula is C12H12N2O3S. The quantitative estimate of drug-likeness (QED) is 0.621. The molecule has 2 heterocycles. The second kappa shape index (κ2) is 5.14. The average molecular weight is 264 g/mol. The second-order valence-corrected chi connectivity index (χ2v) is 4.55. The molecule has 2 aromatic rings. The molecule has 0 aromatic carbocycles. The SMILES string of the molecule is C=C(Cn1cnc2ccsc2c1=O)C(=O)OCC. The number of fused-ring (bicyclic) bond motifs is 1. The van der Waals surface area contributed by atoms with Crippen molar-refractivity contribution in [3.63, 3.8) is 0 Å². The van der Waals surface area contributed by atoms with Gasteiger partial charge in [-0.2, -0.15) is 0 Å². The van der Waals surface area contributed by atoms with Gasteiger partial charge in [0.25, 0.3) is 5.56 Å². The molecule has 0 aliphatic carbocycles. The number of nitrogens with zero attached hydrogens (tertiary/aromatic N) is 2. The molecule has 0 spiro atoms. The third kappa shape index (κ3) is 2.33. The van der Waals surface area contributed by atoms with Crippen LogP contribution in [0, 0.1) is 0 Å². The van der Waals surface area contributed by atoms with Gasteiger partial charge in [-0.25, -0.2) is 9.78 Å². The van der Waals surface area contributed by atoms with Crippen LogP contribution in [-0.2, 0) is 16.1 Å². The Hall–Kier alpha value is -1.95. The van der Waals surface area contributed by atoms with Gasteiger partial charge in [-0.05, 0) is 18.4 Å². The van der Waals surface area contributed by atoms with Crippen LogP contribution in [0.5, 0.6) is 0 Å². The topological polar surface area (TPSA) is 61.2 Å². The van der Waals surface area contributed by atoms with Crippen molar-refractivity contribution in [1.82, 2.24) is 9.55 Å². The van der Waals surface area contributed by atoms with E-state index < -0.39 is 5.97 Å². The maximum Gasteiger partial charge on any atom is 0.335 e. The minimum absolute atomic E-state index is 0.0957. The molecular weight excluding hydrogens is 252 g/mol. The maximum absolute atomic E-state index is 12.0. The molecule has 0 fully saturated rings. The molecule has 0 atom stereocenters. The van der Waals surface area contributed by atoms with Crippen molar-refractivity contribution in [1.29, 1.82) is 0 Å². The summed E-state index contributed by atoms with van der Waals surface area (Å²) in [6.45, 7) is 5.72. The van der Waals surface area contributed by atoms with Crippen LogP contribution >= 0.6 is 11.3 Å². The largest absolute Gasteiger partial charge is 0.463 e. The Balaban J connectivity index is 2.27. The lowest BCUT2D eigenvalue weighted by atomic mass is 10.3. The highest BCUT2D eigenvalue weighted by molar-refractivity contribution is 7.17. The molecule has 0 bridgehead atoms. The van der Waals surface area contributed by atoms with E-state index in [9.17, 15) is 9.59 Å². The molecule has 0 saturated heterocycles. The van der Waals surface area contributed by atoms with E-state index in [1.807, 2.05) is 5.38 Å². The van der Waals surface area contributed by atoms with Gasteiger partial charge in [0.15, 0.2) is 0 Å². The first-order valence-corrected chi connectivity index (χ1v) is 6.29. The van der Waals surface area contributed by atoms with Crippen molar-refractivity contribution in [2.75, 3.05) is 6.61 Å². The molecule has 0 amide bonds. The molecule has 0 aliphatic heterocycles. The number of rotatable bonds is 4. The average Bonchev–Trinajstić information content (AvgIpc) is 2.82. The van der Waals surface area contributed by atoms with Gasteiger partial charge in [0.05, 0.1) is 25.0 Å². The zero-order valence-corrected chi connectivity index (χ0v) is 10.7. The predicted octanol–water partition coefficient (Wildman–Crippen LogP) is 1.58. The van der Waals surface area contributed by atoms with Gasteiger partial charge < -0.3 is 4.74 Å². The number of aromatic nitrogens is 2.